The molecule has 2 aliphatic heterocycles. The van der Waals surface area contributed by atoms with Crippen molar-refractivity contribution in [2.45, 2.75) is 18.7 Å². The maximum Gasteiger partial charge on any atom is 0.217 e. The second-order valence-electron chi connectivity index (χ2n) is 7.10. The number of methoxy groups -OCH3 is 2. The fourth-order valence-corrected chi connectivity index (χ4v) is 4.13. The largest absolute Gasteiger partial charge is 0.496 e. The van der Waals surface area contributed by atoms with Crippen molar-refractivity contribution in [1.29, 1.82) is 0 Å². The van der Waals surface area contributed by atoms with Crippen molar-refractivity contribution in [3.63, 3.8) is 0 Å². The highest BCUT2D eigenvalue weighted by atomic mass is 16.5. The van der Waals surface area contributed by atoms with E-state index in [2.05, 4.69) is 23.2 Å². The molecular weight excluding hydrogens is 364 g/mol. The lowest BCUT2D eigenvalue weighted by Gasteiger charge is -2.39. The molecule has 29 heavy (non-hydrogen) atoms. The molecule has 0 unspecified atom stereocenters. The molecule has 0 N–H and O–H groups in total. The lowest BCUT2D eigenvalue weighted by Crippen LogP contribution is -2.34. The van der Waals surface area contributed by atoms with Crippen molar-refractivity contribution in [2.24, 2.45) is 5.10 Å². The highest BCUT2D eigenvalue weighted by molar-refractivity contribution is 6.01. The van der Waals surface area contributed by atoms with Gasteiger partial charge in [0.05, 0.1) is 31.5 Å². The number of hydrogen-bond donors (Lipinski definition) is 0. The summed E-state index contributed by atoms with van der Waals surface area (Å²) >= 11 is 0. The third-order valence-electron chi connectivity index (χ3n) is 5.51. The lowest BCUT2D eigenvalue weighted by atomic mass is 9.95. The summed E-state index contributed by atoms with van der Waals surface area (Å²) in [6.07, 6.45) is 0.403. The van der Waals surface area contributed by atoms with Crippen LogP contribution >= 0.6 is 0 Å². The standard InChI is InChI=1S/C24H22N2O3/c1-27-21-13-7-6-11-18(21)24-26-20(15-19(25-26)16-9-4-3-5-10-16)17-12-8-14-22(28-2)23(17)29-24/h3-14,20,24H,15H2,1-2H3/t20-,24+/m1/s1. The molecule has 2 heterocycles. The Morgan fingerprint density at radius 2 is 1.52 bits per heavy atom. The van der Waals surface area contributed by atoms with E-state index in [1.807, 2.05) is 54.6 Å². The molecule has 0 saturated heterocycles. The third-order valence-corrected chi connectivity index (χ3v) is 5.51. The summed E-state index contributed by atoms with van der Waals surface area (Å²) in [7, 11) is 3.35. The van der Waals surface area contributed by atoms with Gasteiger partial charge in [-0.25, -0.2) is 5.01 Å². The van der Waals surface area contributed by atoms with Gasteiger partial charge in [-0.2, -0.15) is 5.10 Å². The Morgan fingerprint density at radius 3 is 2.31 bits per heavy atom. The van der Waals surface area contributed by atoms with E-state index in [1.54, 1.807) is 14.2 Å². The predicted molar refractivity (Wildman–Crippen MR) is 112 cm³/mol. The SMILES string of the molecule is COc1ccccc1[C@@H]1Oc2c(OC)cccc2[C@H]2CC(c3ccccc3)=NN21. The summed E-state index contributed by atoms with van der Waals surface area (Å²) in [6, 6.07) is 24.3. The van der Waals surface area contributed by atoms with Crippen molar-refractivity contribution < 1.29 is 14.2 Å². The Kier molecular flexibility index (Phi) is 4.35. The predicted octanol–water partition coefficient (Wildman–Crippen LogP) is 4.95. The number of fused-ring (bicyclic) bond motifs is 3. The molecule has 5 nitrogen and oxygen atoms in total. The van der Waals surface area contributed by atoms with Crippen LogP contribution < -0.4 is 14.2 Å². The van der Waals surface area contributed by atoms with Gasteiger partial charge in [0.2, 0.25) is 6.23 Å². The monoisotopic (exact) mass is 386 g/mol. The maximum atomic E-state index is 6.49. The number of benzene rings is 3. The van der Waals surface area contributed by atoms with E-state index in [1.165, 1.54) is 0 Å². The van der Waals surface area contributed by atoms with E-state index in [-0.39, 0.29) is 6.04 Å². The first-order chi connectivity index (χ1) is 14.3. The quantitative estimate of drug-likeness (QED) is 0.637. The summed E-state index contributed by atoms with van der Waals surface area (Å²) in [4.78, 5) is 0. The van der Waals surface area contributed by atoms with Crippen LogP contribution in [0.4, 0.5) is 0 Å². The van der Waals surface area contributed by atoms with Crippen LogP contribution in [0.15, 0.2) is 77.9 Å². The van der Waals surface area contributed by atoms with Crippen molar-refractivity contribution in [3.8, 4) is 17.2 Å². The minimum absolute atomic E-state index is 0.0685. The van der Waals surface area contributed by atoms with E-state index in [0.29, 0.717) is 0 Å². The molecule has 2 aliphatic rings. The Labute approximate surface area is 170 Å². The maximum absolute atomic E-state index is 6.49. The van der Waals surface area contributed by atoms with Crippen LogP contribution in [0.2, 0.25) is 0 Å². The van der Waals surface area contributed by atoms with Crippen LogP contribution in [0.1, 0.15) is 35.4 Å². The lowest BCUT2D eigenvalue weighted by molar-refractivity contribution is -0.0221. The Hall–Kier alpha value is -3.47. The Bertz CT molecular complexity index is 1060. The molecule has 2 atom stereocenters. The summed E-state index contributed by atoms with van der Waals surface area (Å²) < 4.78 is 17.7. The van der Waals surface area contributed by atoms with Gasteiger partial charge < -0.3 is 14.2 Å². The molecular formula is C24H22N2O3. The summed E-state index contributed by atoms with van der Waals surface area (Å²) in [6.45, 7) is 0. The van der Waals surface area contributed by atoms with Gasteiger partial charge in [0.1, 0.15) is 5.75 Å². The van der Waals surface area contributed by atoms with Crippen LogP contribution in [0.25, 0.3) is 0 Å². The van der Waals surface area contributed by atoms with Crippen LogP contribution in [0, 0.1) is 0 Å². The number of nitrogens with zero attached hydrogens (tertiary/aromatic N) is 2. The third kappa shape index (κ3) is 2.90. The van der Waals surface area contributed by atoms with Crippen molar-refractivity contribution in [2.75, 3.05) is 14.2 Å². The molecule has 5 rings (SSSR count). The Balaban J connectivity index is 1.65. The molecule has 3 aromatic carbocycles. The minimum Gasteiger partial charge on any atom is -0.496 e. The van der Waals surface area contributed by atoms with Crippen LogP contribution in [0.3, 0.4) is 0 Å². The number of hydrogen-bond acceptors (Lipinski definition) is 5. The smallest absolute Gasteiger partial charge is 0.217 e. The second-order valence-corrected chi connectivity index (χ2v) is 7.10. The molecule has 5 heteroatoms. The average molecular weight is 386 g/mol. The van der Waals surface area contributed by atoms with E-state index in [4.69, 9.17) is 19.3 Å². The molecule has 0 bridgehead atoms. The first-order valence-electron chi connectivity index (χ1n) is 9.68. The minimum atomic E-state index is -0.402. The van der Waals surface area contributed by atoms with Gasteiger partial charge >= 0.3 is 0 Å². The van der Waals surface area contributed by atoms with Gasteiger partial charge in [-0.15, -0.1) is 0 Å². The van der Waals surface area contributed by atoms with Gasteiger partial charge in [-0.3, -0.25) is 0 Å². The van der Waals surface area contributed by atoms with Crippen LogP contribution in [-0.4, -0.2) is 24.9 Å². The van der Waals surface area contributed by atoms with E-state index in [0.717, 1.165) is 46.1 Å². The molecule has 0 amide bonds. The van der Waals surface area contributed by atoms with Gasteiger partial charge in [-0.05, 0) is 23.8 Å². The second kappa shape index (κ2) is 7.17. The van der Waals surface area contributed by atoms with Crippen LogP contribution in [0.5, 0.6) is 17.2 Å². The summed E-state index contributed by atoms with van der Waals surface area (Å²) in [5.41, 5.74) is 4.21. The zero-order valence-corrected chi connectivity index (χ0v) is 16.4. The van der Waals surface area contributed by atoms with Crippen molar-refractivity contribution in [3.05, 3.63) is 89.5 Å². The van der Waals surface area contributed by atoms with Gasteiger partial charge in [-0.1, -0.05) is 54.6 Å². The van der Waals surface area contributed by atoms with Gasteiger partial charge in [0, 0.05) is 12.0 Å². The molecule has 0 saturated carbocycles. The van der Waals surface area contributed by atoms with Crippen LogP contribution in [-0.2, 0) is 0 Å². The molecule has 146 valence electrons. The van der Waals surface area contributed by atoms with E-state index < -0.39 is 6.23 Å². The van der Waals surface area contributed by atoms with Gasteiger partial charge in [0.25, 0.3) is 0 Å². The zero-order chi connectivity index (χ0) is 19.8. The zero-order valence-electron chi connectivity index (χ0n) is 16.4. The summed E-state index contributed by atoms with van der Waals surface area (Å²) in [5.74, 6) is 2.28. The van der Waals surface area contributed by atoms with Crippen molar-refractivity contribution >= 4 is 5.71 Å². The molecule has 0 fully saturated rings. The number of rotatable bonds is 4. The van der Waals surface area contributed by atoms with E-state index in [9.17, 15) is 0 Å². The fourth-order valence-electron chi connectivity index (χ4n) is 4.13. The highest BCUT2D eigenvalue weighted by Crippen LogP contribution is 2.51. The molecule has 0 radical (unpaired) electrons. The fraction of sp³-hybridized carbons (Fsp3) is 0.208. The molecule has 0 aliphatic carbocycles. The molecule has 0 spiro atoms. The van der Waals surface area contributed by atoms with E-state index >= 15 is 0 Å². The van der Waals surface area contributed by atoms with Gasteiger partial charge in [0.15, 0.2) is 11.5 Å². The highest BCUT2D eigenvalue weighted by Gasteiger charge is 2.42. The normalized spacial score (nSPS) is 19.7. The Morgan fingerprint density at radius 1 is 0.828 bits per heavy atom. The van der Waals surface area contributed by atoms with Crippen molar-refractivity contribution in [1.82, 2.24) is 5.01 Å². The number of para-hydroxylation sites is 2. The molecule has 3 aromatic rings. The first-order valence-corrected chi connectivity index (χ1v) is 9.68. The number of ether oxygens (including phenoxy) is 3. The first kappa shape index (κ1) is 17.6. The topological polar surface area (TPSA) is 43.3 Å². The number of hydrazone groups is 1. The average Bonchev–Trinajstić information content (AvgIpc) is 3.24. The molecule has 0 aromatic heterocycles. The summed E-state index contributed by atoms with van der Waals surface area (Å²) in [5, 5.41) is 7.05.